The van der Waals surface area contributed by atoms with Crippen LogP contribution in [0, 0.1) is 0 Å². The molecule has 9 heteroatoms. The van der Waals surface area contributed by atoms with Crippen LogP contribution in [0.3, 0.4) is 0 Å². The molecular formula is C27H24ClN5O3. The van der Waals surface area contributed by atoms with Gasteiger partial charge in [0.1, 0.15) is 0 Å². The second-order valence-electron chi connectivity index (χ2n) is 8.94. The van der Waals surface area contributed by atoms with Gasteiger partial charge in [-0.25, -0.2) is 13.9 Å². The first-order chi connectivity index (χ1) is 17.3. The highest BCUT2D eigenvalue weighted by Gasteiger charge is 2.19. The highest BCUT2D eigenvalue weighted by molar-refractivity contribution is 6.30. The van der Waals surface area contributed by atoms with Crippen LogP contribution in [0.15, 0.2) is 82.4 Å². The molecule has 8 nitrogen and oxygen atoms in total. The van der Waals surface area contributed by atoms with E-state index >= 15 is 0 Å². The van der Waals surface area contributed by atoms with Crippen LogP contribution in [0.2, 0.25) is 5.02 Å². The highest BCUT2D eigenvalue weighted by atomic mass is 35.5. The number of hydrogen-bond acceptors (Lipinski definition) is 4. The summed E-state index contributed by atoms with van der Waals surface area (Å²) in [6.45, 7) is 4.14. The zero-order valence-corrected chi connectivity index (χ0v) is 20.6. The lowest BCUT2D eigenvalue weighted by Gasteiger charge is -2.12. The van der Waals surface area contributed by atoms with Gasteiger partial charge in [-0.15, -0.1) is 5.10 Å². The maximum atomic E-state index is 13.6. The van der Waals surface area contributed by atoms with Gasteiger partial charge in [0.15, 0.2) is 0 Å². The van der Waals surface area contributed by atoms with E-state index in [1.165, 1.54) is 13.6 Å². The van der Waals surface area contributed by atoms with Gasteiger partial charge in [0.2, 0.25) is 5.78 Å². The molecule has 1 amide bonds. The Labute approximate surface area is 211 Å². The van der Waals surface area contributed by atoms with Crippen molar-refractivity contribution in [1.29, 1.82) is 0 Å². The normalized spacial score (nSPS) is 11.4. The van der Waals surface area contributed by atoms with E-state index in [1.807, 2.05) is 50.2 Å². The van der Waals surface area contributed by atoms with Gasteiger partial charge in [-0.2, -0.15) is 0 Å². The Morgan fingerprint density at radius 2 is 1.69 bits per heavy atom. The van der Waals surface area contributed by atoms with Crippen LogP contribution in [-0.2, 0) is 13.1 Å². The van der Waals surface area contributed by atoms with Crippen molar-refractivity contribution in [2.24, 2.45) is 0 Å². The Morgan fingerprint density at radius 3 is 2.42 bits per heavy atom. The summed E-state index contributed by atoms with van der Waals surface area (Å²) in [4.78, 5) is 39.9. The lowest BCUT2D eigenvalue weighted by molar-refractivity contribution is 0.0943. The molecule has 0 aliphatic heterocycles. The minimum absolute atomic E-state index is 0.0599. The third-order valence-corrected chi connectivity index (χ3v) is 6.10. The van der Waals surface area contributed by atoms with E-state index in [9.17, 15) is 14.4 Å². The fourth-order valence-corrected chi connectivity index (χ4v) is 4.44. The predicted octanol–water partition coefficient (Wildman–Crippen LogP) is 3.70. The number of fused-ring (bicyclic) bond motifs is 3. The van der Waals surface area contributed by atoms with Crippen LogP contribution >= 0.6 is 11.6 Å². The van der Waals surface area contributed by atoms with Gasteiger partial charge in [-0.3, -0.25) is 14.2 Å². The molecule has 0 unspecified atom stereocenters. The van der Waals surface area contributed by atoms with Crippen molar-refractivity contribution in [3.05, 3.63) is 115 Å². The summed E-state index contributed by atoms with van der Waals surface area (Å²) in [6, 6.07) is 21.4. The van der Waals surface area contributed by atoms with Crippen LogP contribution in [0.5, 0.6) is 0 Å². The van der Waals surface area contributed by atoms with E-state index < -0.39 is 5.69 Å². The molecular weight excluding hydrogens is 478 g/mol. The minimum Gasteiger partial charge on any atom is -0.350 e. The Morgan fingerprint density at radius 1 is 0.944 bits per heavy atom. The zero-order valence-electron chi connectivity index (χ0n) is 19.8. The summed E-state index contributed by atoms with van der Waals surface area (Å²) in [5.41, 5.74) is 1.66. The second-order valence-corrected chi connectivity index (χ2v) is 9.38. The van der Waals surface area contributed by atoms with Gasteiger partial charge >= 0.3 is 5.69 Å². The topological polar surface area (TPSA) is 90.4 Å². The lowest BCUT2D eigenvalue weighted by Crippen LogP contribution is -2.30. The van der Waals surface area contributed by atoms with Gasteiger partial charge in [0.25, 0.3) is 11.5 Å². The van der Waals surface area contributed by atoms with Gasteiger partial charge in [-0.1, -0.05) is 54.1 Å². The SMILES string of the molecule is CC(C)NC(=O)c1ccc2c(=O)n(Cc3ccccc3)c3nn(Cc4cccc(Cl)c4)c(=O)n3c2c1. The molecule has 0 spiro atoms. The predicted molar refractivity (Wildman–Crippen MR) is 140 cm³/mol. The van der Waals surface area contributed by atoms with Crippen molar-refractivity contribution in [2.75, 3.05) is 0 Å². The molecule has 3 aromatic carbocycles. The molecule has 5 rings (SSSR count). The Kier molecular flexibility index (Phi) is 6.20. The summed E-state index contributed by atoms with van der Waals surface area (Å²) in [7, 11) is 0. The Bertz CT molecular complexity index is 1720. The monoisotopic (exact) mass is 501 g/mol. The van der Waals surface area contributed by atoms with Crippen LogP contribution in [-0.4, -0.2) is 30.7 Å². The molecule has 5 aromatic rings. The summed E-state index contributed by atoms with van der Waals surface area (Å²) in [6.07, 6.45) is 0. The van der Waals surface area contributed by atoms with Gasteiger partial charge < -0.3 is 5.32 Å². The first-order valence-corrected chi connectivity index (χ1v) is 11.9. The van der Waals surface area contributed by atoms with Crippen LogP contribution in [0.4, 0.5) is 0 Å². The standard InChI is InChI=1S/C27H24ClN5O3/c1-17(2)29-24(34)20-11-12-22-23(14-20)33-26(31(25(22)35)15-18-7-4-3-5-8-18)30-32(27(33)36)16-19-9-6-10-21(28)13-19/h3-14,17H,15-16H2,1-2H3,(H,29,34). The van der Waals surface area contributed by atoms with Crippen molar-refractivity contribution in [3.63, 3.8) is 0 Å². The molecule has 0 bridgehead atoms. The largest absolute Gasteiger partial charge is 0.352 e. The molecule has 0 saturated heterocycles. The maximum absolute atomic E-state index is 13.6. The van der Waals surface area contributed by atoms with E-state index in [4.69, 9.17) is 11.6 Å². The number of amides is 1. The molecule has 2 aromatic heterocycles. The average molecular weight is 502 g/mol. The molecule has 2 heterocycles. The van der Waals surface area contributed by atoms with Crippen molar-refractivity contribution in [3.8, 4) is 0 Å². The van der Waals surface area contributed by atoms with E-state index in [2.05, 4.69) is 10.4 Å². The minimum atomic E-state index is -0.418. The molecule has 1 N–H and O–H groups in total. The van der Waals surface area contributed by atoms with E-state index in [0.29, 0.717) is 21.5 Å². The maximum Gasteiger partial charge on any atom is 0.352 e. The van der Waals surface area contributed by atoms with E-state index in [-0.39, 0.29) is 36.4 Å². The number of rotatable bonds is 6. The van der Waals surface area contributed by atoms with Crippen molar-refractivity contribution in [2.45, 2.75) is 33.0 Å². The molecule has 182 valence electrons. The third-order valence-electron chi connectivity index (χ3n) is 5.86. The first kappa shape index (κ1) is 23.6. The van der Waals surface area contributed by atoms with Crippen LogP contribution < -0.4 is 16.6 Å². The first-order valence-electron chi connectivity index (χ1n) is 11.6. The highest BCUT2D eigenvalue weighted by Crippen LogP contribution is 2.16. The number of halogens is 1. The van der Waals surface area contributed by atoms with E-state index in [0.717, 1.165) is 11.1 Å². The molecule has 0 saturated carbocycles. The Balaban J connectivity index is 1.76. The van der Waals surface area contributed by atoms with Crippen molar-refractivity contribution in [1.82, 2.24) is 24.1 Å². The number of carbonyl (C=O) groups excluding carboxylic acids is 1. The number of hydrogen-bond donors (Lipinski definition) is 1. The van der Waals surface area contributed by atoms with Gasteiger partial charge in [0.05, 0.1) is 24.0 Å². The fraction of sp³-hybridized carbons (Fsp3) is 0.185. The van der Waals surface area contributed by atoms with Gasteiger partial charge in [0, 0.05) is 16.6 Å². The Hall–Kier alpha value is -4.17. The number of nitrogens with zero attached hydrogens (tertiary/aromatic N) is 4. The van der Waals surface area contributed by atoms with E-state index in [1.54, 1.807) is 36.4 Å². The molecule has 36 heavy (non-hydrogen) atoms. The van der Waals surface area contributed by atoms with Gasteiger partial charge in [-0.05, 0) is 55.3 Å². The average Bonchev–Trinajstić information content (AvgIpc) is 3.17. The molecule has 0 radical (unpaired) electrons. The third kappa shape index (κ3) is 4.43. The quantitative estimate of drug-likeness (QED) is 0.384. The molecule has 0 fully saturated rings. The zero-order chi connectivity index (χ0) is 25.4. The summed E-state index contributed by atoms with van der Waals surface area (Å²) in [5.74, 6) is -0.0855. The number of carbonyl (C=O) groups is 1. The number of aromatic nitrogens is 4. The number of nitrogens with one attached hydrogen (secondary N) is 1. The van der Waals surface area contributed by atoms with Crippen molar-refractivity contribution < 1.29 is 4.79 Å². The van der Waals surface area contributed by atoms with Crippen LogP contribution in [0.25, 0.3) is 16.7 Å². The van der Waals surface area contributed by atoms with Crippen LogP contribution in [0.1, 0.15) is 35.3 Å². The second kappa shape index (κ2) is 9.47. The molecule has 0 atom stereocenters. The molecule has 0 aliphatic rings. The lowest BCUT2D eigenvalue weighted by atomic mass is 10.1. The smallest absolute Gasteiger partial charge is 0.350 e. The summed E-state index contributed by atoms with van der Waals surface area (Å²) >= 11 is 6.13. The van der Waals surface area contributed by atoms with Crippen molar-refractivity contribution >= 4 is 34.2 Å². The molecule has 0 aliphatic carbocycles. The summed E-state index contributed by atoms with van der Waals surface area (Å²) < 4.78 is 4.19. The summed E-state index contributed by atoms with van der Waals surface area (Å²) in [5, 5.41) is 8.27. The number of benzene rings is 3. The fourth-order valence-electron chi connectivity index (χ4n) is 4.22.